The molecule has 0 aliphatic heterocycles. The predicted octanol–water partition coefficient (Wildman–Crippen LogP) is 7.71. The van der Waals surface area contributed by atoms with E-state index in [4.69, 9.17) is 30.0 Å². The number of aromatic nitrogens is 6. The third-order valence-electron chi connectivity index (χ3n) is 8.98. The molecule has 0 radical (unpaired) electrons. The van der Waals surface area contributed by atoms with Crippen molar-refractivity contribution < 1.29 is 35.9 Å². The second-order valence-corrected chi connectivity index (χ2v) is 12.9. The van der Waals surface area contributed by atoms with Crippen LogP contribution in [0, 0.1) is 32.1 Å². The minimum absolute atomic E-state index is 0. The molecule has 13 heteroatoms. The minimum atomic E-state index is -1.55. The van der Waals surface area contributed by atoms with Gasteiger partial charge in [-0.15, -0.1) is 0 Å². The molecule has 0 amide bonds. The molecule has 0 spiro atoms. The Bertz CT molecular complexity index is 2230. The van der Waals surface area contributed by atoms with Crippen LogP contribution in [-0.4, -0.2) is 55.4 Å². The molecule has 0 bridgehead atoms. The molecule has 7 aromatic rings. The van der Waals surface area contributed by atoms with Crippen LogP contribution in [0.2, 0.25) is 0 Å². The first-order valence-corrected chi connectivity index (χ1v) is 18.8. The number of benzene rings is 4. The number of esters is 1. The van der Waals surface area contributed by atoms with Gasteiger partial charge in [-0.25, -0.2) is 20.1 Å². The molecule has 0 aliphatic carbocycles. The van der Waals surface area contributed by atoms with Crippen LogP contribution in [-0.2, 0) is 30.8 Å². The Balaban J connectivity index is 0.000000299. The van der Waals surface area contributed by atoms with E-state index >= 15 is 0 Å². The van der Waals surface area contributed by atoms with Crippen LogP contribution in [0.4, 0.5) is 0 Å². The largest absolute Gasteiger partial charge is 2.00 e. The van der Waals surface area contributed by atoms with E-state index in [-0.39, 0.29) is 35.3 Å². The first kappa shape index (κ1) is 44.1. The molecule has 58 heavy (non-hydrogen) atoms. The first-order chi connectivity index (χ1) is 27.7. The molecule has 0 N–H and O–H groups in total. The maximum absolute atomic E-state index is 11.7. The summed E-state index contributed by atoms with van der Waals surface area (Å²) in [5.74, 6) is -1.31. The van der Waals surface area contributed by atoms with Gasteiger partial charge in [0, 0.05) is 23.6 Å². The van der Waals surface area contributed by atoms with Gasteiger partial charge >= 0.3 is 29.6 Å². The average Bonchev–Trinajstić information content (AvgIpc) is 3.94. The van der Waals surface area contributed by atoms with Crippen molar-refractivity contribution in [3.05, 3.63) is 168 Å². The Kier molecular flexibility index (Phi) is 16.4. The van der Waals surface area contributed by atoms with E-state index in [0.717, 1.165) is 50.9 Å². The van der Waals surface area contributed by atoms with Gasteiger partial charge in [0.25, 0.3) is 0 Å². The zero-order valence-corrected chi connectivity index (χ0v) is 34.5. The number of ether oxygens (including phenoxy) is 2. The van der Waals surface area contributed by atoms with Gasteiger partial charge in [-0.1, -0.05) is 128 Å². The zero-order valence-electron chi connectivity index (χ0n) is 33.5. The Hall–Kier alpha value is -6.63. The second kappa shape index (κ2) is 21.6. The van der Waals surface area contributed by atoms with Crippen molar-refractivity contribution in [2.45, 2.75) is 41.5 Å². The van der Waals surface area contributed by atoms with Gasteiger partial charge in [0.05, 0.1) is 41.3 Å². The van der Waals surface area contributed by atoms with Crippen LogP contribution in [0.25, 0.3) is 39.3 Å². The topological polar surface area (TPSA) is 136 Å². The van der Waals surface area contributed by atoms with Crippen molar-refractivity contribution in [2.75, 3.05) is 13.2 Å². The number of hydrogen-bond donors (Lipinski definition) is 0. The van der Waals surface area contributed by atoms with Crippen molar-refractivity contribution in [3.8, 4) is 39.8 Å². The summed E-state index contributed by atoms with van der Waals surface area (Å²) in [6, 6.07) is 47.7. The van der Waals surface area contributed by atoms with Gasteiger partial charge < -0.3 is 28.4 Å². The predicted molar refractivity (Wildman–Crippen MR) is 223 cm³/mol. The van der Waals surface area contributed by atoms with Crippen molar-refractivity contribution in [1.82, 2.24) is 29.1 Å². The van der Waals surface area contributed by atoms with Crippen LogP contribution in [0.15, 0.2) is 145 Å². The average molecular weight is 818 g/mol. The standard InChI is InChI=1S/C30H28BN6.C13H16O4.C2H3N.Ni/c1-22-19-28(25-13-7-4-8-14-25)32-35(22)31(36-23(2)20-29(33-36)26-15-9-5-10-16-26)37-24(3)21-30(34-37)27-17-11-6-12-18-27;1-3-16-12(14)11(13(15)17-4-2)10-8-6-5-7-9-10;1-2-3;/h4-21,31H,1-3H3;5-9,14H,3-4H2,1-2H3;1H3;/q-1;;;+2/p-1/b;12-11+;;. The fourth-order valence-electron chi connectivity index (χ4n) is 6.35. The summed E-state index contributed by atoms with van der Waals surface area (Å²) in [5, 5.41) is 34.4. The van der Waals surface area contributed by atoms with E-state index in [2.05, 4.69) is 89.1 Å². The smallest absolute Gasteiger partial charge is 0.613 e. The number of aryl methyl sites for hydroxylation is 3. The molecule has 298 valence electrons. The molecule has 0 saturated heterocycles. The summed E-state index contributed by atoms with van der Waals surface area (Å²) in [5.41, 5.74) is 9.72. The number of carbonyl (C=O) groups is 1. The fraction of sp³-hybridized carbons (Fsp3) is 0.178. The van der Waals surface area contributed by atoms with Gasteiger partial charge in [-0.2, -0.15) is 5.26 Å². The van der Waals surface area contributed by atoms with Crippen LogP contribution in [0.5, 0.6) is 0 Å². The summed E-state index contributed by atoms with van der Waals surface area (Å²) < 4.78 is 16.0. The minimum Gasteiger partial charge on any atom is -0.613 e. The summed E-state index contributed by atoms with van der Waals surface area (Å²) in [7, 11) is -1.55. The number of rotatable bonds is 11. The number of nitriles is 1. The van der Waals surface area contributed by atoms with Gasteiger partial charge in [-0.05, 0) is 75.1 Å². The van der Waals surface area contributed by atoms with E-state index < -0.39 is 19.0 Å². The molecule has 4 aromatic carbocycles. The maximum Gasteiger partial charge on any atom is 2.00 e. The normalized spacial score (nSPS) is 10.8. The summed E-state index contributed by atoms with van der Waals surface area (Å²) >= 11 is 0. The van der Waals surface area contributed by atoms with Crippen molar-refractivity contribution in [3.63, 3.8) is 0 Å². The monoisotopic (exact) mass is 817 g/mol. The molecule has 3 aromatic heterocycles. The summed E-state index contributed by atoms with van der Waals surface area (Å²) in [6.07, 6.45) is 0. The molecule has 0 saturated carbocycles. The first-order valence-electron chi connectivity index (χ1n) is 18.8. The third-order valence-corrected chi connectivity index (χ3v) is 8.98. The number of hydrogen-bond acceptors (Lipinski definition) is 8. The van der Waals surface area contributed by atoms with E-state index in [1.807, 2.05) is 54.6 Å². The Morgan fingerprint density at radius 1 is 0.621 bits per heavy atom. The Morgan fingerprint density at radius 3 is 1.24 bits per heavy atom. The molecule has 0 unspecified atom stereocenters. The third kappa shape index (κ3) is 10.8. The Labute approximate surface area is 350 Å². The van der Waals surface area contributed by atoms with Gasteiger partial charge in [0.15, 0.2) is 0 Å². The van der Waals surface area contributed by atoms with Crippen molar-refractivity contribution in [2.24, 2.45) is 0 Å². The van der Waals surface area contributed by atoms with Crippen LogP contribution in [0.3, 0.4) is 0 Å². The molecule has 3 heterocycles. The van der Waals surface area contributed by atoms with Crippen LogP contribution in [0.1, 0.15) is 43.4 Å². The molecule has 11 nitrogen and oxygen atoms in total. The van der Waals surface area contributed by atoms with E-state index in [1.165, 1.54) is 6.92 Å². The second-order valence-electron chi connectivity index (χ2n) is 12.9. The summed E-state index contributed by atoms with van der Waals surface area (Å²) in [4.78, 5) is 11.7. The van der Waals surface area contributed by atoms with Crippen LogP contribution < -0.4 is 5.11 Å². The molecular formula is C45H46BN7NiO4. The quantitative estimate of drug-likeness (QED) is 0.0561. The molecule has 0 atom stereocenters. The van der Waals surface area contributed by atoms with Gasteiger partial charge in [0.1, 0.15) is 0 Å². The van der Waals surface area contributed by atoms with Gasteiger partial charge in [0.2, 0.25) is 0 Å². The van der Waals surface area contributed by atoms with E-state index in [0.29, 0.717) is 5.56 Å². The molecule has 0 fully saturated rings. The Morgan fingerprint density at radius 2 is 0.931 bits per heavy atom. The number of carbonyl (C=O) groups excluding carboxylic acids is 1. The van der Waals surface area contributed by atoms with Gasteiger partial charge in [-0.3, -0.25) is 0 Å². The zero-order chi connectivity index (χ0) is 40.7. The van der Waals surface area contributed by atoms with E-state index in [1.54, 1.807) is 50.2 Å². The number of nitrogens with zero attached hydrogens (tertiary/aromatic N) is 7. The SMILES string of the molecule is CC#N.CCOC(=O)/C(=C(\[O-])OCC)c1ccccc1.Cc1cc(-c2ccccc2)nn1[BH-](n1nc(-c2ccccc2)cc1C)n1nc(-c2ccccc2)cc1C.[Ni+2]. The summed E-state index contributed by atoms with van der Waals surface area (Å²) in [6.45, 7) is 11.6. The molecule has 0 aliphatic rings. The van der Waals surface area contributed by atoms with Crippen molar-refractivity contribution in [1.29, 1.82) is 5.26 Å². The fourth-order valence-corrected chi connectivity index (χ4v) is 6.35. The molecule has 7 rings (SSSR count). The van der Waals surface area contributed by atoms with E-state index in [9.17, 15) is 9.90 Å². The van der Waals surface area contributed by atoms with Crippen molar-refractivity contribution >= 4 is 18.7 Å². The van der Waals surface area contributed by atoms with Crippen LogP contribution >= 0.6 is 0 Å². The molecular weight excluding hydrogens is 772 g/mol. The maximum atomic E-state index is 11.7.